The molecule has 114 valence electrons. The summed E-state index contributed by atoms with van der Waals surface area (Å²) in [5.41, 5.74) is 5.45. The summed E-state index contributed by atoms with van der Waals surface area (Å²) in [5, 5.41) is 4.05. The molecule has 0 amide bonds. The molecule has 2 heterocycles. The maximum atomic E-state index is 12.6. The summed E-state index contributed by atoms with van der Waals surface area (Å²) in [6.45, 7) is 4.38. The zero-order valence-electron chi connectivity index (χ0n) is 12.0. The minimum atomic E-state index is -3.41. The van der Waals surface area contributed by atoms with Crippen LogP contribution in [0.1, 0.15) is 32.6 Å². The predicted octanol–water partition coefficient (Wildman–Crippen LogP) is 1.04. The highest BCUT2D eigenvalue weighted by Gasteiger charge is 2.28. The van der Waals surface area contributed by atoms with Crippen LogP contribution in [0.2, 0.25) is 0 Å². The number of hydrogen-bond donors (Lipinski definition) is 1. The van der Waals surface area contributed by atoms with Gasteiger partial charge in [-0.25, -0.2) is 8.42 Å². The van der Waals surface area contributed by atoms with Gasteiger partial charge >= 0.3 is 0 Å². The minimum Gasteiger partial charge on any atom is -0.329 e. The molecule has 0 aromatic carbocycles. The molecule has 0 saturated carbocycles. The first-order valence-corrected chi connectivity index (χ1v) is 8.74. The van der Waals surface area contributed by atoms with Gasteiger partial charge in [0, 0.05) is 25.8 Å². The molecule has 0 spiro atoms. The first kappa shape index (κ1) is 15.5. The minimum absolute atomic E-state index is 0.279. The monoisotopic (exact) mass is 300 g/mol. The van der Waals surface area contributed by atoms with Gasteiger partial charge in [0.1, 0.15) is 4.90 Å². The number of rotatable bonds is 5. The molecule has 20 heavy (non-hydrogen) atoms. The van der Waals surface area contributed by atoms with E-state index in [-0.39, 0.29) is 4.90 Å². The molecule has 1 aliphatic rings. The number of aromatic nitrogens is 2. The van der Waals surface area contributed by atoms with Crippen LogP contribution in [0.25, 0.3) is 0 Å². The van der Waals surface area contributed by atoms with Gasteiger partial charge < -0.3 is 5.73 Å². The topological polar surface area (TPSA) is 81.2 Å². The molecule has 1 atom stereocenters. The van der Waals surface area contributed by atoms with Crippen LogP contribution in [0.4, 0.5) is 0 Å². The fourth-order valence-electron chi connectivity index (χ4n) is 2.67. The number of nitrogens with two attached hydrogens (primary N) is 1. The molecule has 6 nitrogen and oxygen atoms in total. The van der Waals surface area contributed by atoms with Crippen molar-refractivity contribution in [2.75, 3.05) is 19.6 Å². The number of nitrogens with zero attached hydrogens (tertiary/aromatic N) is 3. The van der Waals surface area contributed by atoms with Gasteiger partial charge in [-0.3, -0.25) is 4.68 Å². The first-order valence-electron chi connectivity index (χ1n) is 7.30. The quantitative estimate of drug-likeness (QED) is 0.881. The van der Waals surface area contributed by atoms with Crippen molar-refractivity contribution >= 4 is 10.0 Å². The third-order valence-corrected chi connectivity index (χ3v) is 5.84. The molecule has 1 aromatic heterocycles. The smallest absolute Gasteiger partial charge is 0.246 e. The summed E-state index contributed by atoms with van der Waals surface area (Å²) in [6.07, 6.45) is 7.14. The van der Waals surface area contributed by atoms with Crippen LogP contribution in [-0.2, 0) is 16.6 Å². The normalized spacial score (nSPS) is 21.8. The highest BCUT2D eigenvalue weighted by atomic mass is 32.2. The average molecular weight is 300 g/mol. The second-order valence-electron chi connectivity index (χ2n) is 5.34. The van der Waals surface area contributed by atoms with E-state index in [9.17, 15) is 8.42 Å². The lowest BCUT2D eigenvalue weighted by Crippen LogP contribution is -2.32. The van der Waals surface area contributed by atoms with Crippen LogP contribution in [0.3, 0.4) is 0 Å². The lowest BCUT2D eigenvalue weighted by Gasteiger charge is -2.19. The fraction of sp³-hybridized carbons (Fsp3) is 0.769. The molecule has 1 saturated heterocycles. The molecule has 0 radical (unpaired) electrons. The van der Waals surface area contributed by atoms with Gasteiger partial charge in [-0.05, 0) is 25.2 Å². The lowest BCUT2D eigenvalue weighted by atomic mass is 9.98. The van der Waals surface area contributed by atoms with E-state index in [0.29, 0.717) is 32.1 Å². The average Bonchev–Trinajstić information content (AvgIpc) is 2.76. The maximum absolute atomic E-state index is 12.6. The van der Waals surface area contributed by atoms with Crippen molar-refractivity contribution in [1.82, 2.24) is 14.1 Å². The van der Waals surface area contributed by atoms with Crippen molar-refractivity contribution in [3.05, 3.63) is 12.4 Å². The third-order valence-electron chi connectivity index (χ3n) is 3.99. The fourth-order valence-corrected chi connectivity index (χ4v) is 4.12. The summed E-state index contributed by atoms with van der Waals surface area (Å²) in [5.74, 6) is 0.648. The van der Waals surface area contributed by atoms with E-state index < -0.39 is 10.0 Å². The number of sulfonamides is 1. The molecule has 0 bridgehead atoms. The van der Waals surface area contributed by atoms with Gasteiger partial charge in [-0.1, -0.05) is 13.3 Å². The third kappa shape index (κ3) is 3.39. The van der Waals surface area contributed by atoms with E-state index in [1.807, 2.05) is 0 Å². The first-order chi connectivity index (χ1) is 9.57. The van der Waals surface area contributed by atoms with Gasteiger partial charge in [0.15, 0.2) is 0 Å². The Kier molecular flexibility index (Phi) is 5.17. The van der Waals surface area contributed by atoms with Crippen LogP contribution >= 0.6 is 0 Å². The Morgan fingerprint density at radius 2 is 2.20 bits per heavy atom. The van der Waals surface area contributed by atoms with E-state index in [2.05, 4.69) is 12.0 Å². The Bertz CT molecular complexity index is 526. The van der Waals surface area contributed by atoms with Gasteiger partial charge in [0.05, 0.1) is 12.7 Å². The summed E-state index contributed by atoms with van der Waals surface area (Å²) >= 11 is 0. The predicted molar refractivity (Wildman–Crippen MR) is 77.7 cm³/mol. The van der Waals surface area contributed by atoms with Crippen molar-refractivity contribution in [3.8, 4) is 0 Å². The summed E-state index contributed by atoms with van der Waals surface area (Å²) in [6, 6.07) is 0. The Labute approximate surface area is 121 Å². The molecule has 1 fully saturated rings. The van der Waals surface area contributed by atoms with Crippen molar-refractivity contribution in [2.45, 2.75) is 44.0 Å². The second-order valence-corrected chi connectivity index (χ2v) is 7.27. The Morgan fingerprint density at radius 3 is 2.90 bits per heavy atom. The van der Waals surface area contributed by atoms with Crippen molar-refractivity contribution in [3.63, 3.8) is 0 Å². The summed E-state index contributed by atoms with van der Waals surface area (Å²) in [7, 11) is -3.41. The van der Waals surface area contributed by atoms with Gasteiger partial charge in [-0.15, -0.1) is 0 Å². The van der Waals surface area contributed by atoms with E-state index in [4.69, 9.17) is 5.73 Å². The zero-order chi connectivity index (χ0) is 14.6. The molecule has 0 aliphatic carbocycles. The second kappa shape index (κ2) is 6.69. The van der Waals surface area contributed by atoms with Crippen LogP contribution in [0.15, 0.2) is 17.3 Å². The molecule has 7 heteroatoms. The highest BCUT2D eigenvalue weighted by Crippen LogP contribution is 2.24. The molecule has 1 aromatic rings. The molecule has 1 unspecified atom stereocenters. The van der Waals surface area contributed by atoms with Gasteiger partial charge in [0.2, 0.25) is 10.0 Å². The van der Waals surface area contributed by atoms with E-state index >= 15 is 0 Å². The molecular formula is C13H24N4O2S. The van der Waals surface area contributed by atoms with Crippen molar-refractivity contribution in [2.24, 2.45) is 11.7 Å². The van der Waals surface area contributed by atoms with Gasteiger partial charge in [0.25, 0.3) is 0 Å². The van der Waals surface area contributed by atoms with Crippen LogP contribution in [-0.4, -0.2) is 42.1 Å². The molecular weight excluding hydrogens is 276 g/mol. The Hall–Kier alpha value is -0.920. The van der Waals surface area contributed by atoms with Crippen LogP contribution in [0, 0.1) is 5.92 Å². The summed E-state index contributed by atoms with van der Waals surface area (Å²) in [4.78, 5) is 0.279. The summed E-state index contributed by atoms with van der Waals surface area (Å²) < 4.78 is 28.4. The Balaban J connectivity index is 2.12. The van der Waals surface area contributed by atoms with Crippen molar-refractivity contribution < 1.29 is 8.42 Å². The van der Waals surface area contributed by atoms with Crippen LogP contribution in [0.5, 0.6) is 0 Å². The largest absolute Gasteiger partial charge is 0.329 e. The number of hydrogen-bond acceptors (Lipinski definition) is 4. The molecule has 1 aliphatic heterocycles. The van der Waals surface area contributed by atoms with E-state index in [1.165, 1.54) is 6.20 Å². The SMILES string of the molecule is CCC1CCCN(S(=O)(=O)c2cnn(CCN)c2)CC1. The Morgan fingerprint density at radius 1 is 1.40 bits per heavy atom. The van der Waals surface area contributed by atoms with Gasteiger partial charge in [-0.2, -0.15) is 9.40 Å². The van der Waals surface area contributed by atoms with Crippen LogP contribution < -0.4 is 5.73 Å². The molecule has 2 N–H and O–H groups in total. The molecule has 2 rings (SSSR count). The zero-order valence-corrected chi connectivity index (χ0v) is 12.8. The van der Waals surface area contributed by atoms with E-state index in [1.54, 1.807) is 15.2 Å². The lowest BCUT2D eigenvalue weighted by molar-refractivity contribution is 0.407. The van der Waals surface area contributed by atoms with Crippen molar-refractivity contribution in [1.29, 1.82) is 0 Å². The highest BCUT2D eigenvalue weighted by molar-refractivity contribution is 7.89. The van der Waals surface area contributed by atoms with E-state index in [0.717, 1.165) is 25.7 Å². The maximum Gasteiger partial charge on any atom is 0.246 e. The standard InChI is InChI=1S/C13H24N4O2S/c1-2-12-4-3-7-17(8-5-12)20(18,19)13-10-15-16(11-13)9-6-14/h10-12H,2-9,14H2,1H3.